The second-order valence-corrected chi connectivity index (χ2v) is 6.43. The van der Waals surface area contributed by atoms with Gasteiger partial charge in [0, 0.05) is 37.0 Å². The number of carbonyl (C=O) groups is 2. The lowest BCUT2D eigenvalue weighted by molar-refractivity contribution is -0.128. The number of rotatable bonds is 3. The van der Waals surface area contributed by atoms with Crippen LogP contribution in [0.1, 0.15) is 40.0 Å². The first-order valence-corrected chi connectivity index (χ1v) is 6.70. The monoisotopic (exact) mass is 253 g/mol. The molecule has 1 aliphatic carbocycles. The summed E-state index contributed by atoms with van der Waals surface area (Å²) >= 11 is 0. The maximum atomic E-state index is 11.7. The molecule has 0 radical (unpaired) electrons. The lowest BCUT2D eigenvalue weighted by atomic mass is 10.1. The summed E-state index contributed by atoms with van der Waals surface area (Å²) in [5.41, 5.74) is -0.227. The van der Waals surface area contributed by atoms with Crippen LogP contribution in [0.25, 0.3) is 0 Å². The minimum atomic E-state index is -0.227. The molecule has 1 atom stereocenters. The van der Waals surface area contributed by atoms with Crippen molar-refractivity contribution in [3.8, 4) is 0 Å². The number of urea groups is 1. The van der Waals surface area contributed by atoms with E-state index in [9.17, 15) is 9.59 Å². The largest absolute Gasteiger partial charge is 0.339 e. The molecule has 5 heteroatoms. The van der Waals surface area contributed by atoms with E-state index in [1.54, 1.807) is 0 Å². The Balaban J connectivity index is 1.71. The van der Waals surface area contributed by atoms with Gasteiger partial charge in [0.1, 0.15) is 0 Å². The van der Waals surface area contributed by atoms with Crippen molar-refractivity contribution in [1.82, 2.24) is 15.5 Å². The minimum Gasteiger partial charge on any atom is -0.339 e. The average Bonchev–Trinajstić information content (AvgIpc) is 2.98. The molecule has 18 heavy (non-hydrogen) atoms. The number of nitrogens with zero attached hydrogens (tertiary/aromatic N) is 1. The Morgan fingerprint density at radius 3 is 2.61 bits per heavy atom. The first kappa shape index (κ1) is 13.2. The zero-order valence-electron chi connectivity index (χ0n) is 11.5. The van der Waals surface area contributed by atoms with Gasteiger partial charge in [0.2, 0.25) is 5.91 Å². The fourth-order valence-electron chi connectivity index (χ4n) is 2.31. The Kier molecular flexibility index (Phi) is 3.50. The molecule has 5 nitrogen and oxygen atoms in total. The van der Waals surface area contributed by atoms with Crippen molar-refractivity contribution >= 4 is 11.9 Å². The number of carbonyl (C=O) groups excluding carboxylic acids is 2. The van der Waals surface area contributed by atoms with E-state index < -0.39 is 0 Å². The molecule has 1 aliphatic heterocycles. The van der Waals surface area contributed by atoms with Crippen LogP contribution in [0, 0.1) is 5.92 Å². The molecule has 102 valence electrons. The summed E-state index contributed by atoms with van der Waals surface area (Å²) in [6.45, 7) is 7.22. The molecular formula is C13H23N3O2. The molecule has 2 N–H and O–H groups in total. The van der Waals surface area contributed by atoms with Gasteiger partial charge in [-0.05, 0) is 33.6 Å². The number of likely N-dealkylation sites (tertiary alicyclic amines) is 1. The highest BCUT2D eigenvalue weighted by Crippen LogP contribution is 2.32. The predicted molar refractivity (Wildman–Crippen MR) is 69.1 cm³/mol. The lowest BCUT2D eigenvalue weighted by Gasteiger charge is -2.21. The van der Waals surface area contributed by atoms with E-state index in [2.05, 4.69) is 10.6 Å². The van der Waals surface area contributed by atoms with E-state index in [-0.39, 0.29) is 23.4 Å². The molecular weight excluding hydrogens is 230 g/mol. The molecule has 0 aromatic heterocycles. The molecule has 2 aliphatic rings. The van der Waals surface area contributed by atoms with Crippen LogP contribution in [0.5, 0.6) is 0 Å². The van der Waals surface area contributed by atoms with Crippen molar-refractivity contribution in [1.29, 1.82) is 0 Å². The summed E-state index contributed by atoms with van der Waals surface area (Å²) in [7, 11) is 0. The van der Waals surface area contributed by atoms with Gasteiger partial charge in [-0.3, -0.25) is 4.79 Å². The fraction of sp³-hybridized carbons (Fsp3) is 0.846. The zero-order valence-corrected chi connectivity index (χ0v) is 11.5. The van der Waals surface area contributed by atoms with Gasteiger partial charge >= 0.3 is 6.03 Å². The minimum absolute atomic E-state index is 0.153. The number of hydrogen-bond acceptors (Lipinski definition) is 2. The van der Waals surface area contributed by atoms with Crippen molar-refractivity contribution in [2.45, 2.75) is 51.6 Å². The summed E-state index contributed by atoms with van der Waals surface area (Å²) in [4.78, 5) is 25.3. The van der Waals surface area contributed by atoms with E-state index in [1.807, 2.05) is 25.7 Å². The molecule has 1 saturated carbocycles. The summed E-state index contributed by atoms with van der Waals surface area (Å²) in [6, 6.07) is 0.339. The topological polar surface area (TPSA) is 61.4 Å². The van der Waals surface area contributed by atoms with E-state index in [4.69, 9.17) is 0 Å². The Labute approximate surface area is 108 Å². The first-order valence-electron chi connectivity index (χ1n) is 6.70. The van der Waals surface area contributed by atoms with Crippen molar-refractivity contribution in [3.05, 3.63) is 0 Å². The molecule has 0 spiro atoms. The number of amides is 3. The van der Waals surface area contributed by atoms with Crippen LogP contribution in [-0.2, 0) is 4.79 Å². The maximum absolute atomic E-state index is 11.7. The van der Waals surface area contributed by atoms with E-state index in [0.717, 1.165) is 19.4 Å². The molecule has 0 aromatic carbocycles. The van der Waals surface area contributed by atoms with Crippen molar-refractivity contribution in [3.63, 3.8) is 0 Å². The molecule has 2 rings (SSSR count). The van der Waals surface area contributed by atoms with Gasteiger partial charge < -0.3 is 15.5 Å². The van der Waals surface area contributed by atoms with Gasteiger partial charge in [0.15, 0.2) is 0 Å². The van der Waals surface area contributed by atoms with Gasteiger partial charge in [-0.1, -0.05) is 0 Å². The third kappa shape index (κ3) is 3.62. The van der Waals surface area contributed by atoms with Crippen LogP contribution < -0.4 is 10.6 Å². The van der Waals surface area contributed by atoms with Crippen LogP contribution >= 0.6 is 0 Å². The lowest BCUT2D eigenvalue weighted by Crippen LogP contribution is -2.47. The van der Waals surface area contributed by atoms with Crippen LogP contribution in [0.15, 0.2) is 0 Å². The van der Waals surface area contributed by atoms with E-state index in [0.29, 0.717) is 19.0 Å². The third-order valence-corrected chi connectivity index (χ3v) is 3.27. The molecule has 2 fully saturated rings. The van der Waals surface area contributed by atoms with Gasteiger partial charge in [-0.2, -0.15) is 0 Å². The summed E-state index contributed by atoms with van der Waals surface area (Å²) < 4.78 is 0. The van der Waals surface area contributed by atoms with E-state index >= 15 is 0 Å². The SMILES string of the molecule is CC(C)(C)NC(=O)NCC1CC(=O)N(C2CC2)C1. The molecule has 1 saturated heterocycles. The van der Waals surface area contributed by atoms with Crippen molar-refractivity contribution in [2.75, 3.05) is 13.1 Å². The predicted octanol–water partition coefficient (Wildman–Crippen LogP) is 1.09. The molecule has 1 heterocycles. The maximum Gasteiger partial charge on any atom is 0.315 e. The van der Waals surface area contributed by atoms with Crippen molar-refractivity contribution < 1.29 is 9.59 Å². The molecule has 1 unspecified atom stereocenters. The summed E-state index contributed by atoms with van der Waals surface area (Å²) in [5.74, 6) is 0.518. The fourth-order valence-corrected chi connectivity index (χ4v) is 2.31. The Morgan fingerprint density at radius 2 is 2.06 bits per heavy atom. The second kappa shape index (κ2) is 4.78. The Morgan fingerprint density at radius 1 is 1.39 bits per heavy atom. The molecule has 0 aromatic rings. The van der Waals surface area contributed by atoms with Gasteiger partial charge in [0.25, 0.3) is 0 Å². The highest BCUT2D eigenvalue weighted by molar-refractivity contribution is 5.79. The smallest absolute Gasteiger partial charge is 0.315 e. The summed E-state index contributed by atoms with van der Waals surface area (Å²) in [5, 5.41) is 5.70. The highest BCUT2D eigenvalue weighted by Gasteiger charge is 2.39. The van der Waals surface area contributed by atoms with Crippen LogP contribution in [0.2, 0.25) is 0 Å². The third-order valence-electron chi connectivity index (χ3n) is 3.27. The molecule has 3 amide bonds. The first-order chi connectivity index (χ1) is 8.35. The van der Waals surface area contributed by atoms with Crippen LogP contribution in [-0.4, -0.2) is 41.5 Å². The van der Waals surface area contributed by atoms with Crippen LogP contribution in [0.3, 0.4) is 0 Å². The second-order valence-electron chi connectivity index (χ2n) is 6.43. The quantitative estimate of drug-likeness (QED) is 0.791. The van der Waals surface area contributed by atoms with Gasteiger partial charge in [-0.25, -0.2) is 4.79 Å². The highest BCUT2D eigenvalue weighted by atomic mass is 16.2. The molecule has 0 bridgehead atoms. The van der Waals surface area contributed by atoms with Crippen LogP contribution in [0.4, 0.5) is 4.79 Å². The Hall–Kier alpha value is -1.26. The zero-order chi connectivity index (χ0) is 13.3. The average molecular weight is 253 g/mol. The normalized spacial score (nSPS) is 24.3. The standard InChI is InChI=1S/C13H23N3O2/c1-13(2,3)15-12(18)14-7-9-6-11(17)16(8-9)10-4-5-10/h9-10H,4-8H2,1-3H3,(H2,14,15,18). The summed E-state index contributed by atoms with van der Waals surface area (Å²) in [6.07, 6.45) is 2.87. The van der Waals surface area contributed by atoms with Gasteiger partial charge in [-0.15, -0.1) is 0 Å². The Bertz CT molecular complexity index is 345. The van der Waals surface area contributed by atoms with Crippen molar-refractivity contribution in [2.24, 2.45) is 5.92 Å². The number of nitrogens with one attached hydrogen (secondary N) is 2. The van der Waals surface area contributed by atoms with Gasteiger partial charge in [0.05, 0.1) is 0 Å². The van der Waals surface area contributed by atoms with E-state index in [1.165, 1.54) is 0 Å². The number of hydrogen-bond donors (Lipinski definition) is 2.